The lowest BCUT2D eigenvalue weighted by Crippen LogP contribution is -2.55. The van der Waals surface area contributed by atoms with Gasteiger partial charge in [-0.05, 0) is 81.5 Å². The summed E-state index contributed by atoms with van der Waals surface area (Å²) in [5, 5.41) is 3.51. The van der Waals surface area contributed by atoms with Gasteiger partial charge < -0.3 is 14.4 Å². The third kappa shape index (κ3) is 4.27. The lowest BCUT2D eigenvalue weighted by atomic mass is 9.59. The zero-order valence-electron chi connectivity index (χ0n) is 32.3. The van der Waals surface area contributed by atoms with Crippen molar-refractivity contribution in [3.05, 3.63) is 144 Å². The molecular weight excluding hydrogens is 673 g/mol. The first-order valence-corrected chi connectivity index (χ1v) is 19.4. The highest BCUT2D eigenvalue weighted by molar-refractivity contribution is 6.86. The van der Waals surface area contributed by atoms with Crippen LogP contribution in [0.25, 0.3) is 38.4 Å². The molecule has 6 heterocycles. The molecule has 0 radical (unpaired) electrons. The van der Waals surface area contributed by atoms with Gasteiger partial charge in [-0.3, -0.25) is 4.40 Å². The average molecular weight is 716 g/mol. The lowest BCUT2D eigenvalue weighted by molar-refractivity contribution is 0.288. The summed E-state index contributed by atoms with van der Waals surface area (Å²) in [6.07, 6.45) is 3.99. The number of pyridine rings is 2. The lowest BCUT2D eigenvalue weighted by Gasteiger charge is -2.45. The molecule has 0 saturated carbocycles. The highest BCUT2D eigenvalue weighted by Crippen LogP contribution is 2.53. The largest absolute Gasteiger partial charge is 0.457 e. The Morgan fingerprint density at radius 3 is 2.25 bits per heavy atom. The van der Waals surface area contributed by atoms with Crippen LogP contribution in [-0.4, -0.2) is 21.4 Å². The Balaban J connectivity index is 1.08. The molecule has 6 nitrogen and oxygen atoms in total. The molecule has 0 unspecified atom stereocenters. The fourth-order valence-electron chi connectivity index (χ4n) is 9.54. The molecule has 0 fully saturated rings. The first kappa shape index (κ1) is 32.4. The second kappa shape index (κ2) is 10.8. The van der Waals surface area contributed by atoms with Crippen LogP contribution < -0.4 is 19.8 Å². The SMILES string of the molecule is CC(C)(C)c1cc(Oc2ccc3c(c2)c2ncc4n2c2c(cccc32)C(C)(C)C4(C)C)cc(N2B3c4ccccc4-c4ccccc4N3c3cccnc32)c1. The normalized spacial score (nSPS) is 16.1. The number of benzene rings is 5. The molecule has 0 saturated heterocycles. The molecule has 8 aromatic rings. The van der Waals surface area contributed by atoms with Crippen LogP contribution in [0.15, 0.2) is 128 Å². The Hall–Kier alpha value is -6.08. The molecule has 0 spiro atoms. The average Bonchev–Trinajstić information content (AvgIpc) is 3.79. The van der Waals surface area contributed by atoms with Crippen molar-refractivity contribution in [2.45, 2.75) is 64.7 Å². The quantitative estimate of drug-likeness (QED) is 0.135. The van der Waals surface area contributed by atoms with E-state index in [1.807, 2.05) is 12.3 Å². The van der Waals surface area contributed by atoms with E-state index in [4.69, 9.17) is 14.7 Å². The van der Waals surface area contributed by atoms with Gasteiger partial charge in [-0.1, -0.05) is 109 Å². The first-order valence-electron chi connectivity index (χ1n) is 19.4. The molecule has 3 aliphatic heterocycles. The van der Waals surface area contributed by atoms with Crippen molar-refractivity contribution in [1.82, 2.24) is 14.4 Å². The van der Waals surface area contributed by atoms with E-state index in [-0.39, 0.29) is 23.2 Å². The van der Waals surface area contributed by atoms with Crippen molar-refractivity contribution in [1.29, 1.82) is 0 Å². The van der Waals surface area contributed by atoms with E-state index in [2.05, 4.69) is 178 Å². The Labute approximate surface area is 322 Å². The number of rotatable bonds is 3. The Bertz CT molecular complexity index is 2940. The van der Waals surface area contributed by atoms with Crippen LogP contribution in [-0.2, 0) is 16.2 Å². The molecule has 55 heavy (non-hydrogen) atoms. The van der Waals surface area contributed by atoms with E-state index in [1.165, 1.54) is 55.4 Å². The van der Waals surface area contributed by atoms with Crippen molar-refractivity contribution < 1.29 is 4.74 Å². The summed E-state index contributed by atoms with van der Waals surface area (Å²) in [4.78, 5) is 15.0. The van der Waals surface area contributed by atoms with E-state index >= 15 is 0 Å². The number of aromatic nitrogens is 3. The third-order valence-electron chi connectivity index (χ3n) is 13.1. The number of ether oxygens (including phenoxy) is 1. The van der Waals surface area contributed by atoms with Crippen molar-refractivity contribution in [2.24, 2.45) is 0 Å². The van der Waals surface area contributed by atoms with Crippen LogP contribution in [0.4, 0.5) is 22.9 Å². The predicted octanol–water partition coefficient (Wildman–Crippen LogP) is 11.4. The van der Waals surface area contributed by atoms with Crippen LogP contribution in [0.2, 0.25) is 0 Å². The second-order valence-electron chi connectivity index (χ2n) is 17.6. The van der Waals surface area contributed by atoms with Crippen LogP contribution in [0.1, 0.15) is 65.3 Å². The van der Waals surface area contributed by atoms with E-state index in [1.54, 1.807) is 0 Å². The summed E-state index contributed by atoms with van der Waals surface area (Å²) in [7, 11) is 0. The summed E-state index contributed by atoms with van der Waals surface area (Å²) in [6, 6.07) is 41.7. The molecule has 268 valence electrons. The monoisotopic (exact) mass is 715 g/mol. The molecule has 11 rings (SSSR count). The molecule has 0 aliphatic carbocycles. The topological polar surface area (TPSA) is 45.9 Å². The van der Waals surface area contributed by atoms with Gasteiger partial charge in [0.25, 0.3) is 0 Å². The van der Waals surface area contributed by atoms with Crippen LogP contribution in [0, 0.1) is 0 Å². The predicted molar refractivity (Wildman–Crippen MR) is 227 cm³/mol. The zero-order valence-corrected chi connectivity index (χ0v) is 32.3. The van der Waals surface area contributed by atoms with Gasteiger partial charge in [0, 0.05) is 62.7 Å². The molecule has 3 aliphatic rings. The number of para-hydroxylation sites is 2. The minimum absolute atomic E-state index is 0.0620. The fraction of sp³-hybridized carbons (Fsp3) is 0.208. The highest BCUT2D eigenvalue weighted by atomic mass is 16.5. The van der Waals surface area contributed by atoms with E-state index in [9.17, 15) is 0 Å². The minimum atomic E-state index is -0.135. The minimum Gasteiger partial charge on any atom is -0.457 e. The number of hydrogen-bond acceptors (Lipinski definition) is 5. The molecule has 5 aromatic carbocycles. The molecular formula is C48H42BN5O. The van der Waals surface area contributed by atoms with Crippen molar-refractivity contribution in [3.8, 4) is 22.6 Å². The van der Waals surface area contributed by atoms with E-state index < -0.39 is 0 Å². The summed E-state index contributed by atoms with van der Waals surface area (Å²) in [5.41, 5.74) is 12.7. The molecule has 3 aromatic heterocycles. The van der Waals surface area contributed by atoms with Gasteiger partial charge in [0.1, 0.15) is 23.0 Å². The molecule has 0 bridgehead atoms. The maximum absolute atomic E-state index is 6.95. The van der Waals surface area contributed by atoms with Crippen molar-refractivity contribution in [3.63, 3.8) is 0 Å². The number of nitrogens with zero attached hydrogens (tertiary/aromatic N) is 5. The summed E-state index contributed by atoms with van der Waals surface area (Å²) in [5.74, 6) is 2.49. The van der Waals surface area contributed by atoms with E-state index in [0.29, 0.717) is 0 Å². The van der Waals surface area contributed by atoms with Gasteiger partial charge in [0.05, 0.1) is 11.2 Å². The van der Waals surface area contributed by atoms with Gasteiger partial charge in [-0.2, -0.15) is 0 Å². The van der Waals surface area contributed by atoms with Crippen LogP contribution in [0.5, 0.6) is 11.5 Å². The number of hydrogen-bond donors (Lipinski definition) is 0. The molecule has 0 atom stereocenters. The van der Waals surface area contributed by atoms with E-state index in [0.717, 1.165) is 39.7 Å². The summed E-state index contributed by atoms with van der Waals surface area (Å²) < 4.78 is 9.36. The Morgan fingerprint density at radius 2 is 1.42 bits per heavy atom. The van der Waals surface area contributed by atoms with Crippen LogP contribution >= 0.6 is 0 Å². The third-order valence-corrected chi connectivity index (χ3v) is 13.1. The van der Waals surface area contributed by atoms with Gasteiger partial charge >= 0.3 is 6.98 Å². The number of fused-ring (bicyclic) bond motifs is 11. The highest BCUT2D eigenvalue weighted by Gasteiger charge is 2.49. The maximum atomic E-state index is 6.95. The standard InChI is InChI=1S/C48H42BN5O/c1-46(2,3)29-24-30(53-45-41(20-13-23-50-45)54-40-19-11-9-15-35(40)34-14-8-10-18-39(34)49(53)54)26-32(25-29)55-31-21-22-33-36-16-12-17-38-43(36)52-42(48(6,7)47(38,4)5)28-51-44(52)37(33)27-31/h8-28H,1-7H3. The maximum Gasteiger partial charge on any atom is 0.422 e. The Morgan fingerprint density at radius 1 is 0.636 bits per heavy atom. The zero-order chi connectivity index (χ0) is 37.6. The number of imidazole rings is 1. The second-order valence-corrected chi connectivity index (χ2v) is 17.6. The molecule has 0 amide bonds. The van der Waals surface area contributed by atoms with Gasteiger partial charge in [0.15, 0.2) is 0 Å². The fourth-order valence-corrected chi connectivity index (χ4v) is 9.54. The van der Waals surface area contributed by atoms with Gasteiger partial charge in [-0.25, -0.2) is 9.97 Å². The van der Waals surface area contributed by atoms with Crippen LogP contribution in [0.3, 0.4) is 0 Å². The number of anilines is 4. The summed E-state index contributed by atoms with van der Waals surface area (Å²) >= 11 is 0. The van der Waals surface area contributed by atoms with Gasteiger partial charge in [-0.15, -0.1) is 0 Å². The molecule has 0 N–H and O–H groups in total. The molecule has 7 heteroatoms. The smallest absolute Gasteiger partial charge is 0.422 e. The Kier molecular flexibility index (Phi) is 6.35. The summed E-state index contributed by atoms with van der Waals surface area (Å²) in [6.45, 7) is 16.1. The van der Waals surface area contributed by atoms with Crippen molar-refractivity contribution >= 4 is 62.6 Å². The van der Waals surface area contributed by atoms with Crippen molar-refractivity contribution in [2.75, 3.05) is 9.62 Å². The van der Waals surface area contributed by atoms with Gasteiger partial charge in [0.2, 0.25) is 0 Å². The first-order chi connectivity index (χ1) is 26.4.